The number of ether oxygens (including phenoxy) is 1. The van der Waals surface area contributed by atoms with Crippen molar-refractivity contribution >= 4 is 23.2 Å². The number of aromatic amines is 1. The number of fused-ring (bicyclic) bond motifs is 2. The van der Waals surface area contributed by atoms with Gasteiger partial charge >= 0.3 is 0 Å². The van der Waals surface area contributed by atoms with Gasteiger partial charge in [-0.2, -0.15) is 0 Å². The Labute approximate surface area is 208 Å². The fourth-order valence-electron chi connectivity index (χ4n) is 6.52. The lowest BCUT2D eigenvalue weighted by atomic mass is 9.84. The van der Waals surface area contributed by atoms with Gasteiger partial charge in [0.15, 0.2) is 0 Å². The lowest BCUT2D eigenvalue weighted by Gasteiger charge is -2.26. The molecule has 6 nitrogen and oxygen atoms in total. The molecular formula is C29H38N4O2. The number of rotatable bonds is 6. The van der Waals surface area contributed by atoms with E-state index >= 15 is 0 Å². The molecule has 3 N–H and O–H groups in total. The summed E-state index contributed by atoms with van der Waals surface area (Å²) in [5.74, 6) is 0.542. The predicted octanol–water partition coefficient (Wildman–Crippen LogP) is 4.12. The maximum absolute atomic E-state index is 13.2. The summed E-state index contributed by atoms with van der Waals surface area (Å²) >= 11 is 0. The van der Waals surface area contributed by atoms with Crippen LogP contribution in [0, 0.1) is 0 Å². The molecule has 4 aliphatic rings. The van der Waals surface area contributed by atoms with Crippen molar-refractivity contribution in [2.75, 3.05) is 51.3 Å². The monoisotopic (exact) mass is 474 g/mol. The Kier molecular flexibility index (Phi) is 6.77. The zero-order chi connectivity index (χ0) is 23.6. The number of H-pyrrole nitrogens is 1. The van der Waals surface area contributed by atoms with E-state index in [1.54, 1.807) is 0 Å². The molecule has 1 aromatic carbocycles. The number of amides is 1. The van der Waals surface area contributed by atoms with Gasteiger partial charge in [-0.3, -0.25) is 9.69 Å². The summed E-state index contributed by atoms with van der Waals surface area (Å²) in [6.07, 6.45) is 11.4. The van der Waals surface area contributed by atoms with Crippen molar-refractivity contribution in [3.63, 3.8) is 0 Å². The highest BCUT2D eigenvalue weighted by molar-refractivity contribution is 6.35. The Bertz CT molecular complexity index is 1110. The zero-order valence-electron chi connectivity index (χ0n) is 20.8. The summed E-state index contributed by atoms with van der Waals surface area (Å²) in [5.41, 5.74) is 9.81. The molecule has 0 saturated carbocycles. The molecule has 0 bridgehead atoms. The average molecular weight is 475 g/mol. The third-order valence-electron chi connectivity index (χ3n) is 8.37. The molecule has 1 aliphatic carbocycles. The van der Waals surface area contributed by atoms with Crippen LogP contribution in [-0.2, 0) is 28.8 Å². The topological polar surface area (TPSA) is 69.4 Å². The van der Waals surface area contributed by atoms with Crippen LogP contribution in [0.1, 0.15) is 71.7 Å². The van der Waals surface area contributed by atoms with E-state index in [9.17, 15) is 4.79 Å². The number of piperidine rings is 1. The Hall–Kier alpha value is -2.41. The minimum atomic E-state index is 0.0354. The van der Waals surface area contributed by atoms with Crippen molar-refractivity contribution in [3.8, 4) is 0 Å². The Morgan fingerprint density at radius 2 is 1.91 bits per heavy atom. The highest BCUT2D eigenvalue weighted by Gasteiger charge is 2.31. The van der Waals surface area contributed by atoms with E-state index in [0.29, 0.717) is 5.92 Å². The van der Waals surface area contributed by atoms with Gasteiger partial charge in [-0.05, 0) is 106 Å². The fourth-order valence-corrected chi connectivity index (χ4v) is 6.52. The number of nitrogens with one attached hydrogen (secondary N) is 3. The Balaban J connectivity index is 1.32. The molecule has 6 rings (SSSR count). The second-order valence-corrected chi connectivity index (χ2v) is 10.5. The summed E-state index contributed by atoms with van der Waals surface area (Å²) in [4.78, 5) is 19.5. The first-order valence-corrected chi connectivity index (χ1v) is 13.7. The van der Waals surface area contributed by atoms with Crippen LogP contribution in [0.2, 0.25) is 0 Å². The molecule has 3 aliphatic heterocycles. The minimum absolute atomic E-state index is 0.0354. The van der Waals surface area contributed by atoms with Crippen LogP contribution in [0.15, 0.2) is 18.2 Å². The molecule has 35 heavy (non-hydrogen) atoms. The second kappa shape index (κ2) is 10.3. The zero-order valence-corrected chi connectivity index (χ0v) is 20.8. The van der Waals surface area contributed by atoms with Crippen LogP contribution < -0.4 is 10.6 Å². The number of hydrogen-bond donors (Lipinski definition) is 3. The molecule has 2 saturated heterocycles. The van der Waals surface area contributed by atoms with Gasteiger partial charge in [0, 0.05) is 35.7 Å². The van der Waals surface area contributed by atoms with Crippen LogP contribution in [-0.4, -0.2) is 61.7 Å². The molecule has 1 aromatic heterocycles. The molecular weight excluding hydrogens is 436 g/mol. The molecule has 4 heterocycles. The van der Waals surface area contributed by atoms with Gasteiger partial charge in [-0.1, -0.05) is 12.1 Å². The minimum Gasteiger partial charge on any atom is -0.379 e. The highest BCUT2D eigenvalue weighted by Crippen LogP contribution is 2.41. The van der Waals surface area contributed by atoms with Gasteiger partial charge in [-0.15, -0.1) is 0 Å². The average Bonchev–Trinajstić information content (AvgIpc) is 3.42. The fraction of sp³-hybridized carbons (Fsp3) is 0.552. The van der Waals surface area contributed by atoms with Crippen molar-refractivity contribution in [2.24, 2.45) is 0 Å². The molecule has 0 unspecified atom stereocenters. The summed E-state index contributed by atoms with van der Waals surface area (Å²) in [6, 6.07) is 6.40. The third kappa shape index (κ3) is 4.72. The number of nitrogens with zero attached hydrogens (tertiary/aromatic N) is 1. The maximum Gasteiger partial charge on any atom is 0.256 e. The van der Waals surface area contributed by atoms with E-state index in [1.165, 1.54) is 35.2 Å². The van der Waals surface area contributed by atoms with E-state index < -0.39 is 0 Å². The third-order valence-corrected chi connectivity index (χ3v) is 8.37. The maximum atomic E-state index is 13.2. The van der Waals surface area contributed by atoms with Crippen LogP contribution in [0.3, 0.4) is 0 Å². The highest BCUT2D eigenvalue weighted by atomic mass is 16.5. The Morgan fingerprint density at radius 1 is 1.09 bits per heavy atom. The first-order valence-electron chi connectivity index (χ1n) is 13.7. The van der Waals surface area contributed by atoms with Crippen molar-refractivity contribution in [2.45, 2.75) is 57.3 Å². The molecule has 0 atom stereocenters. The summed E-state index contributed by atoms with van der Waals surface area (Å²) < 4.78 is 5.52. The van der Waals surface area contributed by atoms with Crippen LogP contribution in [0.25, 0.3) is 11.6 Å². The van der Waals surface area contributed by atoms with Gasteiger partial charge in [0.1, 0.15) is 0 Å². The van der Waals surface area contributed by atoms with Crippen molar-refractivity contribution in [3.05, 3.63) is 51.8 Å². The molecule has 2 aromatic rings. The second-order valence-electron chi connectivity index (χ2n) is 10.5. The number of carbonyl (C=O) groups excluding carboxylic acids is 1. The predicted molar refractivity (Wildman–Crippen MR) is 141 cm³/mol. The summed E-state index contributed by atoms with van der Waals surface area (Å²) in [5, 5.41) is 6.64. The van der Waals surface area contributed by atoms with E-state index in [2.05, 4.69) is 44.8 Å². The normalized spacial score (nSPS) is 22.3. The number of hydrogen-bond acceptors (Lipinski definition) is 4. The molecule has 0 radical (unpaired) electrons. The lowest BCUT2D eigenvalue weighted by molar-refractivity contribution is -0.110. The quantitative estimate of drug-likeness (QED) is 0.551. The summed E-state index contributed by atoms with van der Waals surface area (Å²) in [6.45, 7) is 6.99. The lowest BCUT2D eigenvalue weighted by Crippen LogP contribution is -2.37. The van der Waals surface area contributed by atoms with Crippen molar-refractivity contribution in [1.82, 2.24) is 15.2 Å². The van der Waals surface area contributed by atoms with Gasteiger partial charge in [0.25, 0.3) is 5.91 Å². The van der Waals surface area contributed by atoms with Gasteiger partial charge < -0.3 is 20.4 Å². The standard InChI is InChI=1S/C29H38N4O2/c34-29-24(28-21(6-3-9-26(28)32-29)20-10-12-30-13-11-20)19-27-23(22-5-1-2-8-25(22)31-27)7-4-14-33-15-17-35-18-16-33/h3,6,9,19-20,30-31H,1-2,4-5,7-8,10-18H2,(H,32,34)/b24-19-. The number of benzene rings is 1. The van der Waals surface area contributed by atoms with E-state index in [-0.39, 0.29) is 5.91 Å². The van der Waals surface area contributed by atoms with Gasteiger partial charge in [0.05, 0.1) is 18.8 Å². The largest absolute Gasteiger partial charge is 0.379 e. The smallest absolute Gasteiger partial charge is 0.256 e. The molecule has 1 amide bonds. The number of anilines is 1. The van der Waals surface area contributed by atoms with E-state index in [1.807, 2.05) is 0 Å². The van der Waals surface area contributed by atoms with Gasteiger partial charge in [-0.25, -0.2) is 0 Å². The molecule has 186 valence electrons. The van der Waals surface area contributed by atoms with E-state index in [4.69, 9.17) is 4.74 Å². The number of morpholine rings is 1. The molecule has 0 spiro atoms. The molecule has 6 heteroatoms. The van der Waals surface area contributed by atoms with Crippen LogP contribution >= 0.6 is 0 Å². The van der Waals surface area contributed by atoms with Gasteiger partial charge in [0.2, 0.25) is 0 Å². The number of aromatic nitrogens is 1. The Morgan fingerprint density at radius 3 is 2.77 bits per heavy atom. The first-order chi connectivity index (χ1) is 17.3. The van der Waals surface area contributed by atoms with E-state index in [0.717, 1.165) is 107 Å². The van der Waals surface area contributed by atoms with Crippen molar-refractivity contribution < 1.29 is 9.53 Å². The SMILES string of the molecule is O=C1Nc2cccc(C3CCNCC3)c2/C1=C/c1[nH]c2c(c1CCCN1CCOCC1)CCCC2. The number of aryl methyl sites for hydroxylation is 1. The van der Waals surface area contributed by atoms with Crippen LogP contribution in [0.5, 0.6) is 0 Å². The number of carbonyl (C=O) groups is 1. The molecule has 2 fully saturated rings. The first kappa shape index (κ1) is 23.0. The van der Waals surface area contributed by atoms with Crippen LogP contribution in [0.4, 0.5) is 5.69 Å². The van der Waals surface area contributed by atoms with Crippen molar-refractivity contribution in [1.29, 1.82) is 0 Å². The summed E-state index contributed by atoms with van der Waals surface area (Å²) in [7, 11) is 0.